The zero-order chi connectivity index (χ0) is 10.1. The molecule has 0 unspecified atom stereocenters. The minimum atomic E-state index is 0.188. The van der Waals surface area contributed by atoms with Crippen LogP contribution in [0, 0.1) is 0 Å². The molecule has 0 aromatic carbocycles. The maximum absolute atomic E-state index is 5.30. The third-order valence-electron chi connectivity index (χ3n) is 2.28. The van der Waals surface area contributed by atoms with Crippen LogP contribution in [0.1, 0.15) is 19.8 Å². The zero-order valence-electron chi connectivity index (χ0n) is 9.08. The molecular weight excluding hydrogens is 290 g/mol. The van der Waals surface area contributed by atoms with Crippen LogP contribution in [-0.2, 0) is 4.74 Å². The molecule has 1 aliphatic heterocycles. The summed E-state index contributed by atoms with van der Waals surface area (Å²) in [6, 6.07) is 0. The number of hydrogen-bond acceptors (Lipinski definition) is 2. The quantitative estimate of drug-likeness (QED) is 0.547. The molecule has 82 valence electrons. The van der Waals surface area contributed by atoms with Crippen molar-refractivity contribution in [2.24, 2.45) is 0 Å². The van der Waals surface area contributed by atoms with Gasteiger partial charge in [-0.25, -0.2) is 0 Å². The molecule has 0 bridgehead atoms. The van der Waals surface area contributed by atoms with E-state index in [9.17, 15) is 0 Å². The van der Waals surface area contributed by atoms with E-state index in [0.29, 0.717) is 0 Å². The van der Waals surface area contributed by atoms with Gasteiger partial charge in [0.1, 0.15) is 0 Å². The molecule has 1 heterocycles. The van der Waals surface area contributed by atoms with E-state index in [1.54, 1.807) is 0 Å². The summed E-state index contributed by atoms with van der Waals surface area (Å²) in [6.07, 6.45) is 5.13. The molecule has 1 rings (SSSR count). The molecule has 0 radical (unpaired) electrons. The SMILES string of the molecule is CCCC[Te]/C=C\CN1CCOCC1. The van der Waals surface area contributed by atoms with Crippen molar-refractivity contribution < 1.29 is 4.74 Å². The standard InChI is InChI=1S/C11H21NOTe/c1-2-3-10-14-11-4-5-12-6-8-13-9-7-12/h4,11H,2-3,5-10H2,1H3/b11-4-. The van der Waals surface area contributed by atoms with Crippen molar-refractivity contribution in [3.05, 3.63) is 10.2 Å². The Labute approximate surface area is 97.8 Å². The van der Waals surface area contributed by atoms with Crippen LogP contribution in [0.15, 0.2) is 10.2 Å². The summed E-state index contributed by atoms with van der Waals surface area (Å²) in [4.78, 5) is 2.47. The van der Waals surface area contributed by atoms with E-state index in [-0.39, 0.29) is 20.9 Å². The molecule has 1 saturated heterocycles. The first-order valence-electron chi connectivity index (χ1n) is 5.50. The first kappa shape index (κ1) is 12.5. The summed E-state index contributed by atoms with van der Waals surface area (Å²) in [5.74, 6) is 0. The molecule has 3 heteroatoms. The zero-order valence-corrected chi connectivity index (χ0v) is 11.4. The summed E-state index contributed by atoms with van der Waals surface area (Å²) in [7, 11) is 0. The molecule has 1 aliphatic rings. The van der Waals surface area contributed by atoms with E-state index in [1.807, 2.05) is 0 Å². The van der Waals surface area contributed by atoms with Crippen LogP contribution in [0.5, 0.6) is 0 Å². The summed E-state index contributed by atoms with van der Waals surface area (Å²) >= 11 is 0.188. The van der Waals surface area contributed by atoms with Crippen molar-refractivity contribution in [3.63, 3.8) is 0 Å². The van der Waals surface area contributed by atoms with Crippen LogP contribution in [0.3, 0.4) is 0 Å². The molecule has 0 aromatic heterocycles. The Bertz CT molecular complexity index is 155. The van der Waals surface area contributed by atoms with Gasteiger partial charge in [0.25, 0.3) is 0 Å². The van der Waals surface area contributed by atoms with E-state index in [1.165, 1.54) is 17.3 Å². The Balaban J connectivity index is 1.95. The van der Waals surface area contributed by atoms with E-state index in [4.69, 9.17) is 4.74 Å². The number of unbranched alkanes of at least 4 members (excludes halogenated alkanes) is 1. The van der Waals surface area contributed by atoms with Gasteiger partial charge in [0.2, 0.25) is 0 Å². The van der Waals surface area contributed by atoms with Crippen molar-refractivity contribution in [2.45, 2.75) is 24.2 Å². The van der Waals surface area contributed by atoms with Crippen molar-refractivity contribution >= 4 is 20.9 Å². The van der Waals surface area contributed by atoms with Crippen molar-refractivity contribution in [1.82, 2.24) is 4.90 Å². The summed E-state index contributed by atoms with van der Waals surface area (Å²) < 4.78 is 9.23. The summed E-state index contributed by atoms with van der Waals surface area (Å²) in [6.45, 7) is 7.46. The molecule has 1 fully saturated rings. The van der Waals surface area contributed by atoms with E-state index in [0.717, 1.165) is 32.8 Å². The van der Waals surface area contributed by atoms with Gasteiger partial charge >= 0.3 is 97.8 Å². The molecular formula is C11H21NOTe. The van der Waals surface area contributed by atoms with Crippen molar-refractivity contribution in [2.75, 3.05) is 32.8 Å². The fourth-order valence-electron chi connectivity index (χ4n) is 1.34. The molecule has 0 aromatic rings. The third-order valence-corrected chi connectivity index (χ3v) is 4.87. The Hall–Kier alpha value is 0.450. The Morgan fingerprint density at radius 3 is 2.86 bits per heavy atom. The van der Waals surface area contributed by atoms with E-state index in [2.05, 4.69) is 22.0 Å². The fraction of sp³-hybridized carbons (Fsp3) is 0.818. The molecule has 2 nitrogen and oxygen atoms in total. The fourth-order valence-corrected chi connectivity index (χ4v) is 3.66. The summed E-state index contributed by atoms with van der Waals surface area (Å²) in [5.41, 5.74) is 0. The van der Waals surface area contributed by atoms with Crippen LogP contribution < -0.4 is 0 Å². The van der Waals surface area contributed by atoms with Crippen LogP contribution in [0.25, 0.3) is 0 Å². The van der Waals surface area contributed by atoms with Gasteiger partial charge in [0.05, 0.1) is 0 Å². The Morgan fingerprint density at radius 1 is 1.36 bits per heavy atom. The van der Waals surface area contributed by atoms with Crippen LogP contribution >= 0.6 is 0 Å². The second-order valence-corrected chi connectivity index (χ2v) is 6.40. The van der Waals surface area contributed by atoms with Gasteiger partial charge in [-0.3, -0.25) is 0 Å². The Kier molecular flexibility index (Phi) is 7.81. The van der Waals surface area contributed by atoms with Gasteiger partial charge in [-0.1, -0.05) is 0 Å². The van der Waals surface area contributed by atoms with Gasteiger partial charge in [0.15, 0.2) is 0 Å². The van der Waals surface area contributed by atoms with E-state index >= 15 is 0 Å². The molecule has 0 amide bonds. The second-order valence-electron chi connectivity index (χ2n) is 3.51. The van der Waals surface area contributed by atoms with Gasteiger partial charge in [0, 0.05) is 0 Å². The molecule has 0 N–H and O–H groups in total. The van der Waals surface area contributed by atoms with Crippen molar-refractivity contribution in [1.29, 1.82) is 0 Å². The number of nitrogens with zero attached hydrogens (tertiary/aromatic N) is 1. The summed E-state index contributed by atoms with van der Waals surface area (Å²) in [5, 5.41) is 0. The minimum absolute atomic E-state index is 0.188. The normalized spacial score (nSPS) is 19.2. The first-order chi connectivity index (χ1) is 6.93. The molecule has 0 saturated carbocycles. The molecule has 0 atom stereocenters. The van der Waals surface area contributed by atoms with Crippen LogP contribution in [0.2, 0.25) is 4.47 Å². The Morgan fingerprint density at radius 2 is 2.14 bits per heavy atom. The van der Waals surface area contributed by atoms with Gasteiger partial charge < -0.3 is 0 Å². The van der Waals surface area contributed by atoms with Crippen LogP contribution in [0.4, 0.5) is 0 Å². The second kappa shape index (κ2) is 8.73. The van der Waals surface area contributed by atoms with Crippen molar-refractivity contribution in [3.8, 4) is 0 Å². The molecule has 0 aliphatic carbocycles. The maximum atomic E-state index is 5.30. The number of hydrogen-bond donors (Lipinski definition) is 0. The third kappa shape index (κ3) is 6.03. The molecule has 0 spiro atoms. The van der Waals surface area contributed by atoms with Gasteiger partial charge in [-0.15, -0.1) is 0 Å². The van der Waals surface area contributed by atoms with E-state index < -0.39 is 0 Å². The monoisotopic (exact) mass is 313 g/mol. The first-order valence-corrected chi connectivity index (χ1v) is 8.49. The van der Waals surface area contributed by atoms with Crippen LogP contribution in [-0.4, -0.2) is 58.7 Å². The average molecular weight is 311 g/mol. The number of morpholine rings is 1. The number of rotatable bonds is 6. The average Bonchev–Trinajstić information content (AvgIpc) is 2.25. The molecule has 14 heavy (non-hydrogen) atoms. The topological polar surface area (TPSA) is 12.5 Å². The van der Waals surface area contributed by atoms with Gasteiger partial charge in [-0.05, 0) is 0 Å². The predicted molar refractivity (Wildman–Crippen MR) is 61.9 cm³/mol. The number of ether oxygens (including phenoxy) is 1. The predicted octanol–water partition coefficient (Wildman–Crippen LogP) is 1.75. The van der Waals surface area contributed by atoms with Gasteiger partial charge in [-0.2, -0.15) is 0 Å².